The Morgan fingerprint density at radius 2 is 1.91 bits per heavy atom. The summed E-state index contributed by atoms with van der Waals surface area (Å²) < 4.78 is 12.1. The first-order valence-electron chi connectivity index (χ1n) is 9.65. The fraction of sp³-hybridized carbons (Fsp3) is 0.125. The number of anilines is 1. The number of aryl methyl sites for hydroxylation is 1. The van der Waals surface area contributed by atoms with E-state index >= 15 is 0 Å². The lowest BCUT2D eigenvalue weighted by molar-refractivity contribution is -0.384. The summed E-state index contributed by atoms with van der Waals surface area (Å²) in [5.41, 5.74) is 2.76. The molecule has 7 nitrogen and oxygen atoms in total. The van der Waals surface area contributed by atoms with Crippen LogP contribution in [0.1, 0.15) is 16.7 Å². The van der Waals surface area contributed by atoms with Gasteiger partial charge in [0, 0.05) is 18.2 Å². The normalized spacial score (nSPS) is 10.7. The molecule has 0 aliphatic heterocycles. The van der Waals surface area contributed by atoms with Crippen LogP contribution < -0.4 is 14.8 Å². The Hall–Kier alpha value is -3.65. The summed E-state index contributed by atoms with van der Waals surface area (Å²) in [4.78, 5) is 22.8. The van der Waals surface area contributed by atoms with Gasteiger partial charge in [0.1, 0.15) is 6.61 Å². The van der Waals surface area contributed by atoms with E-state index in [1.54, 1.807) is 32.2 Å². The zero-order valence-electron chi connectivity index (χ0n) is 17.5. The predicted molar refractivity (Wildman–Crippen MR) is 127 cm³/mol. The number of nitrogens with one attached hydrogen (secondary N) is 1. The summed E-state index contributed by atoms with van der Waals surface area (Å²) in [6.45, 7) is 2.15. The lowest BCUT2D eigenvalue weighted by Crippen LogP contribution is -2.09. The molecule has 1 amide bonds. The van der Waals surface area contributed by atoms with Gasteiger partial charge in [0.2, 0.25) is 5.91 Å². The van der Waals surface area contributed by atoms with Crippen LogP contribution in [0.2, 0.25) is 0 Å². The highest BCUT2D eigenvalue weighted by molar-refractivity contribution is 9.10. The molecule has 0 spiro atoms. The largest absolute Gasteiger partial charge is 0.493 e. The Kier molecular flexibility index (Phi) is 7.62. The lowest BCUT2D eigenvalue weighted by Gasteiger charge is -2.13. The maximum absolute atomic E-state index is 12.3. The van der Waals surface area contributed by atoms with Crippen molar-refractivity contribution in [2.45, 2.75) is 13.5 Å². The molecule has 3 rings (SSSR count). The van der Waals surface area contributed by atoms with E-state index in [1.807, 2.05) is 36.4 Å². The number of hydrogen-bond donors (Lipinski definition) is 1. The first-order chi connectivity index (χ1) is 15.4. The predicted octanol–water partition coefficient (Wildman–Crippen LogP) is 5.91. The highest BCUT2D eigenvalue weighted by Gasteiger charge is 2.12. The lowest BCUT2D eigenvalue weighted by atomic mass is 10.1. The van der Waals surface area contributed by atoms with Crippen molar-refractivity contribution >= 4 is 39.3 Å². The summed E-state index contributed by atoms with van der Waals surface area (Å²) in [6.07, 6.45) is 2.97. The van der Waals surface area contributed by atoms with E-state index in [2.05, 4.69) is 21.2 Å². The van der Waals surface area contributed by atoms with Crippen LogP contribution >= 0.6 is 15.9 Å². The SMILES string of the molecule is COc1cc(C=CC(=O)Nc2cc([N+](=O)[O-])ccc2C)cc(Br)c1OCc1ccccc1. The maximum atomic E-state index is 12.3. The number of benzene rings is 3. The van der Waals surface area contributed by atoms with Crippen molar-refractivity contribution in [3.05, 3.63) is 98.0 Å². The average molecular weight is 497 g/mol. The second kappa shape index (κ2) is 10.6. The summed E-state index contributed by atoms with van der Waals surface area (Å²) >= 11 is 3.50. The van der Waals surface area contributed by atoms with Gasteiger partial charge in [-0.1, -0.05) is 36.4 Å². The molecule has 0 unspecified atom stereocenters. The van der Waals surface area contributed by atoms with Gasteiger partial charge in [-0.3, -0.25) is 14.9 Å². The van der Waals surface area contributed by atoms with Gasteiger partial charge in [-0.05, 0) is 57.8 Å². The number of rotatable bonds is 8. The number of nitro benzene ring substituents is 1. The number of carbonyl (C=O) groups excluding carboxylic acids is 1. The van der Waals surface area contributed by atoms with Crippen molar-refractivity contribution in [3.8, 4) is 11.5 Å². The zero-order valence-corrected chi connectivity index (χ0v) is 19.1. The monoisotopic (exact) mass is 496 g/mol. The van der Waals surface area contributed by atoms with Gasteiger partial charge >= 0.3 is 0 Å². The van der Waals surface area contributed by atoms with Crippen LogP contribution in [0.3, 0.4) is 0 Å². The van der Waals surface area contributed by atoms with Crippen LogP contribution in [-0.2, 0) is 11.4 Å². The van der Waals surface area contributed by atoms with Gasteiger partial charge in [-0.2, -0.15) is 0 Å². The fourth-order valence-electron chi connectivity index (χ4n) is 2.91. The van der Waals surface area contributed by atoms with Gasteiger partial charge in [-0.25, -0.2) is 0 Å². The van der Waals surface area contributed by atoms with Crippen LogP contribution in [0.25, 0.3) is 6.08 Å². The van der Waals surface area contributed by atoms with Gasteiger partial charge in [-0.15, -0.1) is 0 Å². The van der Waals surface area contributed by atoms with Gasteiger partial charge in [0.05, 0.1) is 22.2 Å². The first-order valence-corrected chi connectivity index (χ1v) is 10.4. The van der Waals surface area contributed by atoms with E-state index in [0.717, 1.165) is 11.1 Å². The fourth-order valence-corrected chi connectivity index (χ4v) is 3.48. The van der Waals surface area contributed by atoms with Gasteiger partial charge in [0.25, 0.3) is 5.69 Å². The number of ether oxygens (including phenoxy) is 2. The first kappa shape index (κ1) is 23.0. The molecule has 1 N–H and O–H groups in total. The molecular weight excluding hydrogens is 476 g/mol. The van der Waals surface area contributed by atoms with Crippen LogP contribution in [0.4, 0.5) is 11.4 Å². The second-order valence-corrected chi connectivity index (χ2v) is 7.74. The maximum Gasteiger partial charge on any atom is 0.271 e. The second-order valence-electron chi connectivity index (χ2n) is 6.89. The van der Waals surface area contributed by atoms with E-state index in [-0.39, 0.29) is 5.69 Å². The molecule has 164 valence electrons. The molecule has 32 heavy (non-hydrogen) atoms. The van der Waals surface area contributed by atoms with Crippen LogP contribution in [0, 0.1) is 17.0 Å². The number of carbonyl (C=O) groups is 1. The third kappa shape index (κ3) is 5.95. The molecule has 0 aliphatic rings. The quantitative estimate of drug-likeness (QED) is 0.238. The molecular formula is C24H21BrN2O5. The summed E-state index contributed by atoms with van der Waals surface area (Å²) in [5, 5.41) is 13.6. The molecule has 0 aliphatic carbocycles. The summed E-state index contributed by atoms with van der Waals surface area (Å²) in [5.74, 6) is 0.670. The molecule has 0 saturated heterocycles. The van der Waals surface area contributed by atoms with E-state index in [1.165, 1.54) is 18.2 Å². The minimum absolute atomic E-state index is 0.0883. The molecule has 8 heteroatoms. The van der Waals surface area contributed by atoms with E-state index in [0.29, 0.717) is 33.8 Å². The number of nitrogens with zero attached hydrogens (tertiary/aromatic N) is 1. The number of non-ortho nitro benzene ring substituents is 1. The Balaban J connectivity index is 1.73. The van der Waals surface area contributed by atoms with Crippen LogP contribution in [-0.4, -0.2) is 17.9 Å². The molecule has 0 heterocycles. The molecule has 3 aromatic carbocycles. The molecule has 0 aromatic heterocycles. The van der Waals surface area contributed by atoms with Crippen molar-refractivity contribution in [3.63, 3.8) is 0 Å². The van der Waals surface area contributed by atoms with Crippen molar-refractivity contribution in [2.24, 2.45) is 0 Å². The van der Waals surface area contributed by atoms with Crippen molar-refractivity contribution < 1.29 is 19.2 Å². The number of nitro groups is 1. The number of halogens is 1. The van der Waals surface area contributed by atoms with Crippen molar-refractivity contribution in [2.75, 3.05) is 12.4 Å². The molecule has 0 bridgehead atoms. The average Bonchev–Trinajstić information content (AvgIpc) is 2.78. The van der Waals surface area contributed by atoms with Crippen LogP contribution in [0.15, 0.2) is 71.2 Å². The van der Waals surface area contributed by atoms with E-state index in [9.17, 15) is 14.9 Å². The molecule has 3 aromatic rings. The number of hydrogen-bond acceptors (Lipinski definition) is 5. The summed E-state index contributed by atoms with van der Waals surface area (Å²) in [6, 6.07) is 17.7. The number of methoxy groups -OCH3 is 1. The zero-order chi connectivity index (χ0) is 23.1. The van der Waals surface area contributed by atoms with Crippen LogP contribution in [0.5, 0.6) is 11.5 Å². The molecule has 0 saturated carbocycles. The van der Waals surface area contributed by atoms with E-state index in [4.69, 9.17) is 9.47 Å². The molecule has 0 radical (unpaired) electrons. The topological polar surface area (TPSA) is 90.7 Å². The Morgan fingerprint density at radius 3 is 2.59 bits per heavy atom. The summed E-state index contributed by atoms with van der Waals surface area (Å²) in [7, 11) is 1.54. The molecule has 0 fully saturated rings. The Bertz CT molecular complexity index is 1160. The minimum Gasteiger partial charge on any atom is -0.493 e. The highest BCUT2D eigenvalue weighted by Crippen LogP contribution is 2.37. The standard InChI is InChI=1S/C24H21BrN2O5/c1-16-8-10-19(27(29)30)14-21(16)26-23(28)11-9-18-12-20(25)24(22(13-18)31-2)32-15-17-6-4-3-5-7-17/h3-14H,15H2,1-2H3,(H,26,28). The van der Waals surface area contributed by atoms with E-state index < -0.39 is 10.8 Å². The molecule has 0 atom stereocenters. The Morgan fingerprint density at radius 1 is 1.16 bits per heavy atom. The smallest absolute Gasteiger partial charge is 0.271 e. The van der Waals surface area contributed by atoms with Gasteiger partial charge in [0.15, 0.2) is 11.5 Å². The van der Waals surface area contributed by atoms with Crippen molar-refractivity contribution in [1.29, 1.82) is 0 Å². The number of amides is 1. The van der Waals surface area contributed by atoms with Crippen molar-refractivity contribution in [1.82, 2.24) is 0 Å². The minimum atomic E-state index is -0.504. The Labute approximate surface area is 194 Å². The third-order valence-corrected chi connectivity index (χ3v) is 5.18. The highest BCUT2D eigenvalue weighted by atomic mass is 79.9. The third-order valence-electron chi connectivity index (χ3n) is 4.59. The van der Waals surface area contributed by atoms with Gasteiger partial charge < -0.3 is 14.8 Å².